The summed E-state index contributed by atoms with van der Waals surface area (Å²) in [6, 6.07) is 22.5. The number of carbonyl (C=O) groups excluding carboxylic acids is 1. The van der Waals surface area contributed by atoms with Gasteiger partial charge in [0, 0.05) is 56.5 Å². The molecule has 0 bridgehead atoms. The van der Waals surface area contributed by atoms with Gasteiger partial charge in [0.25, 0.3) is 5.91 Å². The third-order valence-electron chi connectivity index (χ3n) is 6.80. The number of primary amides is 1. The lowest BCUT2D eigenvalue weighted by Gasteiger charge is -2.36. The number of aromatic nitrogens is 1. The first-order valence-electron chi connectivity index (χ1n) is 12.4. The fourth-order valence-corrected chi connectivity index (χ4v) is 4.89. The summed E-state index contributed by atoms with van der Waals surface area (Å²) in [5.41, 5.74) is 9.38. The molecule has 4 aromatic rings. The van der Waals surface area contributed by atoms with Gasteiger partial charge < -0.3 is 19.9 Å². The number of amides is 1. The van der Waals surface area contributed by atoms with Gasteiger partial charge in [0.15, 0.2) is 0 Å². The molecule has 1 amide bonds. The molecule has 186 valence electrons. The molecule has 2 N–H and O–H groups in total. The van der Waals surface area contributed by atoms with Crippen LogP contribution in [-0.4, -0.2) is 54.7 Å². The molecule has 1 saturated heterocycles. The van der Waals surface area contributed by atoms with E-state index >= 15 is 0 Å². The fourth-order valence-electron chi connectivity index (χ4n) is 4.89. The van der Waals surface area contributed by atoms with Gasteiger partial charge in [-0.05, 0) is 54.4 Å². The van der Waals surface area contributed by atoms with E-state index in [1.165, 1.54) is 28.7 Å². The summed E-state index contributed by atoms with van der Waals surface area (Å²) in [5.74, 6) is -0.129. The molecule has 0 aliphatic carbocycles. The van der Waals surface area contributed by atoms with Gasteiger partial charge in [-0.25, -0.2) is 4.39 Å². The zero-order valence-corrected chi connectivity index (χ0v) is 20.3. The number of anilines is 1. The van der Waals surface area contributed by atoms with Gasteiger partial charge in [-0.1, -0.05) is 30.3 Å². The molecule has 36 heavy (non-hydrogen) atoms. The number of fused-ring (bicyclic) bond motifs is 1. The molecular weight excluding hydrogens is 455 g/mol. The molecule has 0 unspecified atom stereocenters. The molecule has 6 nitrogen and oxygen atoms in total. The first kappa shape index (κ1) is 23.9. The lowest BCUT2D eigenvalue weighted by atomic mass is 10.1. The van der Waals surface area contributed by atoms with Crippen LogP contribution >= 0.6 is 0 Å². The Bertz CT molecular complexity index is 1330. The van der Waals surface area contributed by atoms with Crippen molar-refractivity contribution in [2.45, 2.75) is 13.0 Å². The summed E-state index contributed by atoms with van der Waals surface area (Å²) in [7, 11) is 0. The van der Waals surface area contributed by atoms with Crippen LogP contribution in [0.3, 0.4) is 0 Å². The predicted molar refractivity (Wildman–Crippen MR) is 141 cm³/mol. The van der Waals surface area contributed by atoms with Gasteiger partial charge in [-0.3, -0.25) is 9.69 Å². The van der Waals surface area contributed by atoms with Crippen LogP contribution in [0, 0.1) is 5.82 Å². The van der Waals surface area contributed by atoms with E-state index in [9.17, 15) is 9.18 Å². The summed E-state index contributed by atoms with van der Waals surface area (Å²) >= 11 is 0. The zero-order chi connectivity index (χ0) is 24.9. The second kappa shape index (κ2) is 10.8. The minimum absolute atomic E-state index is 0.210. The molecule has 0 spiro atoms. The highest BCUT2D eigenvalue weighted by molar-refractivity contribution is 5.95. The molecule has 3 aromatic carbocycles. The number of nitrogens with zero attached hydrogens (tertiary/aromatic N) is 3. The molecular formula is C29H31FN4O2. The average molecular weight is 487 g/mol. The van der Waals surface area contributed by atoms with E-state index in [1.807, 2.05) is 18.2 Å². The number of halogens is 1. The van der Waals surface area contributed by atoms with Crippen molar-refractivity contribution in [2.75, 3.05) is 44.2 Å². The van der Waals surface area contributed by atoms with Crippen LogP contribution < -0.4 is 15.4 Å². The van der Waals surface area contributed by atoms with E-state index < -0.39 is 5.91 Å². The molecule has 1 aliphatic heterocycles. The second-order valence-corrected chi connectivity index (χ2v) is 9.17. The Hall–Kier alpha value is -3.84. The van der Waals surface area contributed by atoms with E-state index in [0.29, 0.717) is 24.5 Å². The summed E-state index contributed by atoms with van der Waals surface area (Å²) in [5, 5.41) is 1.24. The molecule has 2 heterocycles. The highest BCUT2D eigenvalue weighted by Gasteiger charge is 2.19. The van der Waals surface area contributed by atoms with Gasteiger partial charge in [0.2, 0.25) is 0 Å². The standard InChI is InChI=1S/C29H31FN4O2/c30-23-11-9-22(10-12-23)21-34-15-13-24-26(6-3-7-27(24)34)33-18-16-32(17-19-33)14-4-20-36-28-8-2-1-5-25(28)29(31)35/h1-3,5-13,15H,4,14,16-21H2,(H2,31,35). The van der Waals surface area contributed by atoms with Crippen LogP contribution in [0.5, 0.6) is 5.75 Å². The van der Waals surface area contributed by atoms with Crippen molar-refractivity contribution in [1.82, 2.24) is 9.47 Å². The number of hydrogen-bond acceptors (Lipinski definition) is 4. The van der Waals surface area contributed by atoms with Crippen LogP contribution in [0.1, 0.15) is 22.3 Å². The van der Waals surface area contributed by atoms with Crippen LogP contribution in [-0.2, 0) is 6.54 Å². The summed E-state index contributed by atoms with van der Waals surface area (Å²) in [4.78, 5) is 16.5. The topological polar surface area (TPSA) is 63.7 Å². The highest BCUT2D eigenvalue weighted by Crippen LogP contribution is 2.29. The fraction of sp³-hybridized carbons (Fsp3) is 0.276. The Morgan fingerprint density at radius 2 is 1.69 bits per heavy atom. The summed E-state index contributed by atoms with van der Waals surface area (Å²) in [6.45, 7) is 6.12. The minimum Gasteiger partial charge on any atom is -0.493 e. The van der Waals surface area contributed by atoms with E-state index in [1.54, 1.807) is 18.2 Å². The molecule has 0 atom stereocenters. The van der Waals surface area contributed by atoms with Gasteiger partial charge in [-0.2, -0.15) is 0 Å². The second-order valence-electron chi connectivity index (χ2n) is 9.17. The Morgan fingerprint density at radius 1 is 0.917 bits per heavy atom. The number of ether oxygens (including phenoxy) is 1. The van der Waals surface area contributed by atoms with Crippen molar-refractivity contribution in [1.29, 1.82) is 0 Å². The first-order valence-corrected chi connectivity index (χ1v) is 12.4. The maximum atomic E-state index is 13.3. The van der Waals surface area contributed by atoms with Gasteiger partial charge >= 0.3 is 0 Å². The Morgan fingerprint density at radius 3 is 2.47 bits per heavy atom. The molecule has 1 fully saturated rings. The zero-order valence-electron chi connectivity index (χ0n) is 20.3. The number of rotatable bonds is 9. The van der Waals surface area contributed by atoms with Crippen LogP contribution in [0.25, 0.3) is 10.9 Å². The number of carbonyl (C=O) groups is 1. The third kappa shape index (κ3) is 5.36. The number of hydrogen-bond donors (Lipinski definition) is 1. The van der Waals surface area contributed by atoms with E-state index in [2.05, 4.69) is 44.8 Å². The lowest BCUT2D eigenvalue weighted by Crippen LogP contribution is -2.46. The monoisotopic (exact) mass is 486 g/mol. The van der Waals surface area contributed by atoms with E-state index in [4.69, 9.17) is 10.5 Å². The summed E-state index contributed by atoms with van der Waals surface area (Å²) in [6.07, 6.45) is 3.00. The molecule has 0 radical (unpaired) electrons. The maximum Gasteiger partial charge on any atom is 0.252 e. The first-order chi connectivity index (χ1) is 17.6. The Labute approximate surface area is 210 Å². The number of benzene rings is 3. The molecule has 7 heteroatoms. The van der Waals surface area contributed by atoms with Gasteiger partial charge in [-0.15, -0.1) is 0 Å². The smallest absolute Gasteiger partial charge is 0.252 e. The quantitative estimate of drug-likeness (QED) is 0.354. The maximum absolute atomic E-state index is 13.3. The van der Waals surface area contributed by atoms with Crippen LogP contribution in [0.15, 0.2) is 79.0 Å². The number of piperazine rings is 1. The SMILES string of the molecule is NC(=O)c1ccccc1OCCCN1CCN(c2cccc3c2ccn3Cc2ccc(F)cc2)CC1. The molecule has 5 rings (SSSR count). The van der Waals surface area contributed by atoms with E-state index in [0.717, 1.165) is 44.7 Å². The van der Waals surface area contributed by atoms with Crippen molar-refractivity contribution in [3.05, 3.63) is 95.9 Å². The van der Waals surface area contributed by atoms with Crippen molar-refractivity contribution in [3.63, 3.8) is 0 Å². The molecule has 1 aliphatic rings. The Kier molecular flexibility index (Phi) is 7.18. The predicted octanol–water partition coefficient (Wildman–Crippen LogP) is 4.52. The normalized spacial score (nSPS) is 14.3. The van der Waals surface area contributed by atoms with Gasteiger partial charge in [0.05, 0.1) is 17.7 Å². The van der Waals surface area contributed by atoms with Crippen molar-refractivity contribution >= 4 is 22.5 Å². The van der Waals surface area contributed by atoms with Crippen molar-refractivity contribution in [2.24, 2.45) is 5.73 Å². The van der Waals surface area contributed by atoms with Crippen LogP contribution in [0.4, 0.5) is 10.1 Å². The minimum atomic E-state index is -0.470. The van der Waals surface area contributed by atoms with Crippen molar-refractivity contribution in [3.8, 4) is 5.75 Å². The summed E-state index contributed by atoms with van der Waals surface area (Å²) < 4.78 is 21.3. The van der Waals surface area contributed by atoms with Crippen LogP contribution in [0.2, 0.25) is 0 Å². The van der Waals surface area contributed by atoms with Gasteiger partial charge in [0.1, 0.15) is 11.6 Å². The largest absolute Gasteiger partial charge is 0.493 e. The molecule has 0 saturated carbocycles. The van der Waals surface area contributed by atoms with E-state index in [-0.39, 0.29) is 5.82 Å². The number of para-hydroxylation sites is 1. The Balaban J connectivity index is 1.15. The average Bonchev–Trinajstić information content (AvgIpc) is 3.31. The molecule has 1 aromatic heterocycles. The lowest BCUT2D eigenvalue weighted by molar-refractivity contribution is 0.0996. The highest BCUT2D eigenvalue weighted by atomic mass is 19.1. The van der Waals surface area contributed by atoms with Crippen molar-refractivity contribution < 1.29 is 13.9 Å². The number of nitrogens with two attached hydrogens (primary N) is 1. The third-order valence-corrected chi connectivity index (χ3v) is 6.80.